The zero-order valence-corrected chi connectivity index (χ0v) is 22.1. The maximum Gasteiger partial charge on any atom is 0.263 e. The van der Waals surface area contributed by atoms with E-state index in [2.05, 4.69) is 20.9 Å². The molecule has 1 fully saturated rings. The lowest BCUT2D eigenvalue weighted by Gasteiger charge is -2.25. The maximum absolute atomic E-state index is 13.2. The zero-order chi connectivity index (χ0) is 27.0. The Hall–Kier alpha value is -3.19. The molecule has 0 saturated carbocycles. The molecule has 2 heterocycles. The van der Waals surface area contributed by atoms with Gasteiger partial charge in [0, 0.05) is 14.2 Å². The van der Waals surface area contributed by atoms with Crippen molar-refractivity contribution in [2.24, 2.45) is 0 Å². The summed E-state index contributed by atoms with van der Waals surface area (Å²) in [6, 6.07) is 6.20. The van der Waals surface area contributed by atoms with E-state index in [1.165, 1.54) is 31.8 Å². The Morgan fingerprint density at radius 2 is 1.57 bits per heavy atom. The number of hydrogen-bond acceptors (Lipinski definition) is 9. The molecular weight excluding hydrogens is 500 g/mol. The molecule has 2 unspecified atom stereocenters. The van der Waals surface area contributed by atoms with Crippen molar-refractivity contribution in [2.45, 2.75) is 44.0 Å². The molecule has 3 amide bonds. The second kappa shape index (κ2) is 12.9. The van der Waals surface area contributed by atoms with Gasteiger partial charge in [0.25, 0.3) is 5.91 Å². The van der Waals surface area contributed by atoms with Gasteiger partial charge in [0.05, 0.1) is 37.1 Å². The largest absolute Gasteiger partial charge is 0.382 e. The van der Waals surface area contributed by atoms with Crippen LogP contribution in [0, 0.1) is 6.92 Å². The molecule has 200 valence electrons. The summed E-state index contributed by atoms with van der Waals surface area (Å²) in [6.45, 7) is 3.44. The highest BCUT2D eigenvalue weighted by Gasteiger charge is 2.50. The fraction of sp³-hybridized carbons (Fsp3) is 0.480. The summed E-state index contributed by atoms with van der Waals surface area (Å²) in [5.41, 5.74) is -0.0887. The number of carbonyl (C=O) groups is 4. The van der Waals surface area contributed by atoms with Crippen molar-refractivity contribution >= 4 is 34.8 Å². The van der Waals surface area contributed by atoms with E-state index in [-0.39, 0.29) is 32.0 Å². The SMILES string of the molecule is COCC(NC(=O)[C@H](COC)NC(=O)c1cnc(C)s1)C(=O)NC(Cc1ccccc1)C(=O)[C@@]1(C)CO1. The topological polar surface area (TPSA) is 148 Å². The van der Waals surface area contributed by atoms with Gasteiger partial charge in [0.2, 0.25) is 11.8 Å². The molecule has 0 spiro atoms. The van der Waals surface area contributed by atoms with Crippen molar-refractivity contribution in [1.82, 2.24) is 20.9 Å². The summed E-state index contributed by atoms with van der Waals surface area (Å²) in [7, 11) is 2.78. The molecule has 4 atom stereocenters. The predicted octanol–water partition coefficient (Wildman–Crippen LogP) is 0.413. The van der Waals surface area contributed by atoms with Crippen LogP contribution in [0.1, 0.15) is 27.2 Å². The number of benzene rings is 1. The Morgan fingerprint density at radius 1 is 1.00 bits per heavy atom. The molecule has 37 heavy (non-hydrogen) atoms. The van der Waals surface area contributed by atoms with E-state index in [9.17, 15) is 19.2 Å². The van der Waals surface area contributed by atoms with Crippen LogP contribution in [0.4, 0.5) is 0 Å². The number of ether oxygens (including phenoxy) is 3. The quantitative estimate of drug-likeness (QED) is 0.297. The summed E-state index contributed by atoms with van der Waals surface area (Å²) in [6.07, 6.45) is 1.68. The summed E-state index contributed by atoms with van der Waals surface area (Å²) < 4.78 is 15.6. The van der Waals surface area contributed by atoms with E-state index in [1.807, 2.05) is 30.3 Å². The Balaban J connectivity index is 1.70. The van der Waals surface area contributed by atoms with Crippen molar-refractivity contribution in [1.29, 1.82) is 0 Å². The first-order valence-electron chi connectivity index (χ1n) is 11.7. The highest BCUT2D eigenvalue weighted by atomic mass is 32.1. The Kier molecular flexibility index (Phi) is 9.86. The smallest absolute Gasteiger partial charge is 0.263 e. The van der Waals surface area contributed by atoms with Crippen molar-refractivity contribution in [3.8, 4) is 0 Å². The normalized spacial score (nSPS) is 18.8. The molecular formula is C25H32N4O7S. The minimum Gasteiger partial charge on any atom is -0.382 e. The molecule has 0 bridgehead atoms. The lowest BCUT2D eigenvalue weighted by atomic mass is 9.94. The number of aromatic nitrogens is 1. The summed E-state index contributed by atoms with van der Waals surface area (Å²) in [5.74, 6) is -1.98. The van der Waals surface area contributed by atoms with E-state index in [0.717, 1.165) is 5.56 Å². The van der Waals surface area contributed by atoms with Gasteiger partial charge in [0.15, 0.2) is 5.78 Å². The van der Waals surface area contributed by atoms with Crippen LogP contribution in [0.15, 0.2) is 36.5 Å². The number of hydrogen-bond donors (Lipinski definition) is 3. The number of thiazole rings is 1. The molecule has 1 saturated heterocycles. The second-order valence-corrected chi connectivity index (χ2v) is 10.1. The van der Waals surface area contributed by atoms with Crippen LogP contribution in [-0.2, 0) is 35.0 Å². The van der Waals surface area contributed by atoms with Gasteiger partial charge in [-0.2, -0.15) is 0 Å². The summed E-state index contributed by atoms with van der Waals surface area (Å²) in [4.78, 5) is 56.3. The first-order valence-corrected chi connectivity index (χ1v) is 12.5. The van der Waals surface area contributed by atoms with Gasteiger partial charge in [-0.3, -0.25) is 19.2 Å². The van der Waals surface area contributed by atoms with Crippen LogP contribution in [0.5, 0.6) is 0 Å². The van der Waals surface area contributed by atoms with E-state index < -0.39 is 41.4 Å². The molecule has 1 aromatic carbocycles. The van der Waals surface area contributed by atoms with Crippen LogP contribution in [0.25, 0.3) is 0 Å². The molecule has 0 radical (unpaired) electrons. The number of ketones is 1. The minimum atomic E-state index is -1.13. The Morgan fingerprint density at radius 3 is 2.08 bits per heavy atom. The van der Waals surface area contributed by atoms with Crippen molar-refractivity contribution in [3.63, 3.8) is 0 Å². The van der Waals surface area contributed by atoms with E-state index in [0.29, 0.717) is 9.88 Å². The van der Waals surface area contributed by atoms with E-state index in [1.54, 1.807) is 13.8 Å². The molecule has 3 N–H and O–H groups in total. The van der Waals surface area contributed by atoms with E-state index >= 15 is 0 Å². The number of methoxy groups -OCH3 is 2. The average molecular weight is 533 g/mol. The number of epoxide rings is 1. The number of amides is 3. The van der Waals surface area contributed by atoms with Gasteiger partial charge < -0.3 is 30.2 Å². The third-order valence-corrected chi connectivity index (χ3v) is 6.69. The molecule has 12 heteroatoms. The van der Waals surface area contributed by atoms with Crippen molar-refractivity contribution < 1.29 is 33.4 Å². The standard InChI is InChI=1S/C25H32N4O7S/c1-15-26-11-20(37-15)24(33)29-19(13-35-4)23(32)28-18(12-34-3)22(31)27-17(21(30)25(2)14-36-25)10-16-8-6-5-7-9-16/h5-9,11,17-19H,10,12-14H2,1-4H3,(H,27,31)(H,28,32)(H,29,33)/t17?,18?,19-,25+/m0/s1. The van der Waals surface area contributed by atoms with Crippen LogP contribution in [-0.4, -0.2) is 86.3 Å². The number of carbonyl (C=O) groups excluding carboxylic acids is 4. The third-order valence-electron chi connectivity index (χ3n) is 5.78. The highest BCUT2D eigenvalue weighted by molar-refractivity contribution is 7.13. The third kappa shape index (κ3) is 7.89. The van der Waals surface area contributed by atoms with Gasteiger partial charge in [0.1, 0.15) is 22.6 Å². The molecule has 3 rings (SSSR count). The average Bonchev–Trinajstić information content (AvgIpc) is 3.48. The zero-order valence-electron chi connectivity index (χ0n) is 21.2. The number of aryl methyl sites for hydroxylation is 1. The van der Waals surface area contributed by atoms with Gasteiger partial charge in [-0.1, -0.05) is 30.3 Å². The number of rotatable bonds is 14. The Labute approximate surface area is 219 Å². The fourth-order valence-electron chi connectivity index (χ4n) is 3.62. The summed E-state index contributed by atoms with van der Waals surface area (Å²) >= 11 is 1.19. The first kappa shape index (κ1) is 28.4. The Bertz CT molecular complexity index is 1100. The molecule has 11 nitrogen and oxygen atoms in total. The van der Waals surface area contributed by atoms with Crippen LogP contribution in [0.3, 0.4) is 0 Å². The van der Waals surface area contributed by atoms with E-state index in [4.69, 9.17) is 14.2 Å². The summed E-state index contributed by atoms with van der Waals surface area (Å²) in [5, 5.41) is 8.67. The molecule has 2 aromatic rings. The lowest BCUT2D eigenvalue weighted by Crippen LogP contribution is -2.59. The lowest BCUT2D eigenvalue weighted by molar-refractivity contribution is -0.134. The minimum absolute atomic E-state index is 0.124. The van der Waals surface area contributed by atoms with Gasteiger partial charge >= 0.3 is 0 Å². The monoisotopic (exact) mass is 532 g/mol. The van der Waals surface area contributed by atoms with Crippen LogP contribution >= 0.6 is 11.3 Å². The molecule has 1 aliphatic rings. The van der Waals surface area contributed by atoms with Crippen LogP contribution < -0.4 is 16.0 Å². The second-order valence-electron chi connectivity index (χ2n) is 8.88. The van der Waals surface area contributed by atoms with Crippen molar-refractivity contribution in [3.05, 3.63) is 52.0 Å². The van der Waals surface area contributed by atoms with Crippen molar-refractivity contribution in [2.75, 3.05) is 34.0 Å². The van der Waals surface area contributed by atoms with Crippen LogP contribution in [0.2, 0.25) is 0 Å². The molecule has 0 aliphatic carbocycles. The van der Waals surface area contributed by atoms with Gasteiger partial charge in [-0.25, -0.2) is 4.98 Å². The number of nitrogens with one attached hydrogen (secondary N) is 3. The first-order chi connectivity index (χ1) is 17.7. The molecule has 1 aromatic heterocycles. The maximum atomic E-state index is 13.2. The van der Waals surface area contributed by atoms with Gasteiger partial charge in [-0.05, 0) is 25.8 Å². The number of Topliss-reactive ketones (excluding diaryl/α,β-unsaturated/α-hetero) is 1. The van der Waals surface area contributed by atoms with Gasteiger partial charge in [-0.15, -0.1) is 11.3 Å². The highest BCUT2D eigenvalue weighted by Crippen LogP contribution is 2.29. The fourth-order valence-corrected chi connectivity index (χ4v) is 4.30. The predicted molar refractivity (Wildman–Crippen MR) is 135 cm³/mol. The molecule has 1 aliphatic heterocycles. The number of nitrogens with zero attached hydrogens (tertiary/aromatic N) is 1.